The number of hydrogen-bond donors (Lipinski definition) is 2. The molecule has 1 amide bonds. The van der Waals surface area contributed by atoms with Crippen molar-refractivity contribution in [3.63, 3.8) is 0 Å². The molecule has 2 N–H and O–H groups in total. The number of aryl methyl sites for hydroxylation is 2. The van der Waals surface area contributed by atoms with Crippen LogP contribution in [-0.2, 0) is 16.0 Å². The summed E-state index contributed by atoms with van der Waals surface area (Å²) in [6.07, 6.45) is 1.37. The molecule has 3 aromatic rings. The van der Waals surface area contributed by atoms with Crippen molar-refractivity contribution in [2.75, 3.05) is 25.0 Å². The number of carbonyl (C=O) groups excluding carboxylic acids is 1. The number of anilines is 2. The van der Waals surface area contributed by atoms with Gasteiger partial charge < -0.3 is 19.9 Å². The Hall–Kier alpha value is -3.59. The van der Waals surface area contributed by atoms with Crippen molar-refractivity contribution in [2.24, 2.45) is 0 Å². The fraction of sp³-hybridized carbons (Fsp3) is 0.318. The highest BCUT2D eigenvalue weighted by Crippen LogP contribution is 2.23. The lowest BCUT2D eigenvalue weighted by Gasteiger charge is -2.33. The molecule has 9 heteroatoms. The van der Waals surface area contributed by atoms with Gasteiger partial charge in [0.1, 0.15) is 23.6 Å². The molecule has 0 bridgehead atoms. The third-order valence-corrected chi connectivity index (χ3v) is 5.11. The van der Waals surface area contributed by atoms with Crippen LogP contribution in [0.4, 0.5) is 11.6 Å². The van der Waals surface area contributed by atoms with Crippen LogP contribution in [0.25, 0.3) is 0 Å². The molecule has 1 fully saturated rings. The molecule has 1 aliphatic heterocycles. The molecule has 1 atom stereocenters. The Labute approximate surface area is 179 Å². The van der Waals surface area contributed by atoms with Crippen LogP contribution in [0.15, 0.2) is 47.4 Å². The zero-order valence-electron chi connectivity index (χ0n) is 17.5. The zero-order valence-corrected chi connectivity index (χ0v) is 17.5. The van der Waals surface area contributed by atoms with Crippen LogP contribution in [0, 0.1) is 13.8 Å². The quantitative estimate of drug-likeness (QED) is 0.650. The van der Waals surface area contributed by atoms with Crippen LogP contribution < -0.4 is 10.9 Å². The van der Waals surface area contributed by atoms with Gasteiger partial charge in [-0.15, -0.1) is 0 Å². The van der Waals surface area contributed by atoms with Crippen LogP contribution in [0.3, 0.4) is 0 Å². The summed E-state index contributed by atoms with van der Waals surface area (Å²) in [4.78, 5) is 42.6. The van der Waals surface area contributed by atoms with Gasteiger partial charge in [0, 0.05) is 24.0 Å². The molecule has 0 saturated carbocycles. The molecule has 4 heterocycles. The second-order valence-electron chi connectivity index (χ2n) is 7.38. The van der Waals surface area contributed by atoms with Gasteiger partial charge in [-0.2, -0.15) is 0 Å². The molecular weight excluding hydrogens is 396 g/mol. The molecular formula is C22H24N6O3. The minimum Gasteiger partial charge on any atom is -0.368 e. The van der Waals surface area contributed by atoms with Crippen LogP contribution in [-0.4, -0.2) is 50.4 Å². The zero-order chi connectivity index (χ0) is 21.8. The first-order valence-electron chi connectivity index (χ1n) is 10.1. The van der Waals surface area contributed by atoms with Crippen LogP contribution in [0.5, 0.6) is 0 Å². The Morgan fingerprint density at radius 2 is 2.03 bits per heavy atom. The molecule has 1 saturated heterocycles. The third-order valence-electron chi connectivity index (χ3n) is 5.11. The average molecular weight is 420 g/mol. The third kappa shape index (κ3) is 4.95. The van der Waals surface area contributed by atoms with Crippen molar-refractivity contribution in [2.45, 2.75) is 26.4 Å². The van der Waals surface area contributed by atoms with Crippen LogP contribution in [0.1, 0.15) is 28.9 Å². The Bertz CT molecular complexity index is 1130. The summed E-state index contributed by atoms with van der Waals surface area (Å²) < 4.78 is 5.88. The van der Waals surface area contributed by atoms with E-state index >= 15 is 0 Å². The van der Waals surface area contributed by atoms with Crippen molar-refractivity contribution in [3.8, 4) is 0 Å². The van der Waals surface area contributed by atoms with Crippen LogP contribution >= 0.6 is 0 Å². The van der Waals surface area contributed by atoms with Gasteiger partial charge in [-0.3, -0.25) is 9.59 Å². The average Bonchev–Trinajstić information content (AvgIpc) is 2.77. The number of morpholine rings is 1. The van der Waals surface area contributed by atoms with Crippen molar-refractivity contribution >= 4 is 17.5 Å². The van der Waals surface area contributed by atoms with Gasteiger partial charge in [0.2, 0.25) is 5.91 Å². The Balaban J connectivity index is 1.46. The topological polar surface area (TPSA) is 113 Å². The van der Waals surface area contributed by atoms with Gasteiger partial charge >= 0.3 is 0 Å². The maximum atomic E-state index is 12.9. The number of amides is 1. The lowest BCUT2D eigenvalue weighted by molar-refractivity contribution is -0.138. The monoisotopic (exact) mass is 420 g/mol. The number of ether oxygens (including phenoxy) is 1. The number of aromatic amines is 1. The maximum absolute atomic E-state index is 12.9. The SMILES string of the molecule is Cc1nc(C)c(CC(=O)N2CCOC(c3cccc(Nc4ccccn4)n3)C2)c(=O)[nH]1. The molecule has 3 aromatic heterocycles. The van der Waals surface area contributed by atoms with Gasteiger partial charge in [0.15, 0.2) is 0 Å². The Kier molecular flexibility index (Phi) is 6.03. The van der Waals surface area contributed by atoms with Gasteiger partial charge in [-0.25, -0.2) is 15.0 Å². The van der Waals surface area contributed by atoms with E-state index in [1.165, 1.54) is 0 Å². The van der Waals surface area contributed by atoms with Crippen molar-refractivity contribution < 1.29 is 9.53 Å². The maximum Gasteiger partial charge on any atom is 0.254 e. The Morgan fingerprint density at radius 3 is 2.81 bits per heavy atom. The predicted molar refractivity (Wildman–Crippen MR) is 115 cm³/mol. The molecule has 9 nitrogen and oxygen atoms in total. The van der Waals surface area contributed by atoms with E-state index in [0.717, 1.165) is 5.69 Å². The van der Waals surface area contributed by atoms with Crippen molar-refractivity contribution in [3.05, 3.63) is 75.7 Å². The van der Waals surface area contributed by atoms with E-state index in [1.54, 1.807) is 24.9 Å². The smallest absolute Gasteiger partial charge is 0.254 e. The molecule has 1 unspecified atom stereocenters. The van der Waals surface area contributed by atoms with E-state index in [1.807, 2.05) is 36.4 Å². The number of rotatable bonds is 5. The molecule has 4 rings (SSSR count). The number of H-pyrrole nitrogens is 1. The first-order valence-corrected chi connectivity index (χ1v) is 10.1. The van der Waals surface area contributed by atoms with E-state index in [-0.39, 0.29) is 24.0 Å². The molecule has 0 spiro atoms. The first kappa shape index (κ1) is 20.7. The second kappa shape index (κ2) is 9.05. The minimum atomic E-state index is -0.348. The van der Waals surface area contributed by atoms with E-state index in [2.05, 4.69) is 25.3 Å². The minimum absolute atomic E-state index is 0.00979. The number of carbonyl (C=O) groups is 1. The summed E-state index contributed by atoms with van der Waals surface area (Å²) in [6.45, 7) is 4.71. The molecule has 0 aromatic carbocycles. The standard InChI is InChI=1S/C22H24N6O3/c1-14-16(22(30)25-15(2)24-14)12-21(29)28-10-11-31-18(13-28)17-6-5-8-20(26-17)27-19-7-3-4-9-23-19/h3-9,18H,10-13H2,1-2H3,(H,23,26,27)(H,24,25,30). The van der Waals surface area contributed by atoms with E-state index in [4.69, 9.17) is 4.74 Å². The number of aromatic nitrogens is 4. The summed E-state index contributed by atoms with van der Waals surface area (Å²) >= 11 is 0. The first-order chi connectivity index (χ1) is 15.0. The fourth-order valence-electron chi connectivity index (χ4n) is 3.55. The van der Waals surface area contributed by atoms with Gasteiger partial charge in [-0.1, -0.05) is 12.1 Å². The Morgan fingerprint density at radius 1 is 1.19 bits per heavy atom. The van der Waals surface area contributed by atoms with E-state index in [9.17, 15) is 9.59 Å². The highest BCUT2D eigenvalue weighted by atomic mass is 16.5. The molecule has 0 radical (unpaired) electrons. The number of hydrogen-bond acceptors (Lipinski definition) is 7. The number of pyridine rings is 2. The van der Waals surface area contributed by atoms with Gasteiger partial charge in [-0.05, 0) is 38.1 Å². The van der Waals surface area contributed by atoms with E-state index < -0.39 is 0 Å². The summed E-state index contributed by atoms with van der Waals surface area (Å²) in [5.41, 5.74) is 1.44. The summed E-state index contributed by atoms with van der Waals surface area (Å²) in [5.74, 6) is 1.75. The van der Waals surface area contributed by atoms with Crippen molar-refractivity contribution in [1.29, 1.82) is 0 Å². The molecule has 0 aliphatic carbocycles. The summed E-state index contributed by atoms with van der Waals surface area (Å²) in [7, 11) is 0. The van der Waals surface area contributed by atoms with Gasteiger partial charge in [0.05, 0.1) is 25.3 Å². The van der Waals surface area contributed by atoms with Crippen molar-refractivity contribution in [1.82, 2.24) is 24.8 Å². The van der Waals surface area contributed by atoms with E-state index in [0.29, 0.717) is 48.4 Å². The normalized spacial score (nSPS) is 16.2. The molecule has 1 aliphatic rings. The predicted octanol–water partition coefficient (Wildman–Crippen LogP) is 2.06. The fourth-order valence-corrected chi connectivity index (χ4v) is 3.55. The summed E-state index contributed by atoms with van der Waals surface area (Å²) in [6, 6.07) is 11.2. The lowest BCUT2D eigenvalue weighted by Crippen LogP contribution is -2.43. The largest absolute Gasteiger partial charge is 0.368 e. The van der Waals surface area contributed by atoms with Gasteiger partial charge in [0.25, 0.3) is 5.56 Å². The second-order valence-corrected chi connectivity index (χ2v) is 7.38. The number of nitrogens with one attached hydrogen (secondary N) is 2. The number of nitrogens with zero attached hydrogens (tertiary/aromatic N) is 4. The lowest BCUT2D eigenvalue weighted by atomic mass is 10.1. The van der Waals surface area contributed by atoms with Crippen LogP contribution in [0.2, 0.25) is 0 Å². The molecule has 160 valence electrons. The summed E-state index contributed by atoms with van der Waals surface area (Å²) in [5, 5.41) is 3.16. The highest BCUT2D eigenvalue weighted by Gasteiger charge is 2.27. The molecule has 31 heavy (non-hydrogen) atoms. The highest BCUT2D eigenvalue weighted by molar-refractivity contribution is 5.79.